The summed E-state index contributed by atoms with van der Waals surface area (Å²) in [6.07, 6.45) is 1.27. The summed E-state index contributed by atoms with van der Waals surface area (Å²) < 4.78 is 27.1. The molecule has 10 heteroatoms. The van der Waals surface area contributed by atoms with Gasteiger partial charge in [0.15, 0.2) is 0 Å². The molecule has 0 aliphatic carbocycles. The number of sulfonamides is 1. The van der Waals surface area contributed by atoms with Gasteiger partial charge in [-0.1, -0.05) is 85.6 Å². The second-order valence-corrected chi connectivity index (χ2v) is 13.3. The van der Waals surface area contributed by atoms with E-state index in [0.29, 0.717) is 33.4 Å². The van der Waals surface area contributed by atoms with Crippen LogP contribution in [0.15, 0.2) is 66.7 Å². The summed E-state index contributed by atoms with van der Waals surface area (Å²) in [6, 6.07) is 18.8. The number of carbonyl (C=O) groups excluding carboxylic acids is 2. The average Bonchev–Trinajstić information content (AvgIpc) is 2.90. The zero-order chi connectivity index (χ0) is 30.3. The highest BCUT2D eigenvalue weighted by molar-refractivity contribution is 7.92. The molecule has 1 N–H and O–H groups in total. The summed E-state index contributed by atoms with van der Waals surface area (Å²) in [6.45, 7) is 7.42. The van der Waals surface area contributed by atoms with Gasteiger partial charge in [-0.2, -0.15) is 0 Å². The first-order chi connectivity index (χ1) is 19.3. The number of halogens is 2. The first kappa shape index (κ1) is 32.4. The lowest BCUT2D eigenvalue weighted by molar-refractivity contribution is -0.140. The maximum atomic E-state index is 14.2. The summed E-state index contributed by atoms with van der Waals surface area (Å²) in [5.41, 5.74) is 3.26. The van der Waals surface area contributed by atoms with Crippen molar-refractivity contribution in [3.05, 3.63) is 99.0 Å². The van der Waals surface area contributed by atoms with E-state index >= 15 is 0 Å². The third-order valence-electron chi connectivity index (χ3n) is 6.66. The number of rotatable bonds is 12. The topological polar surface area (TPSA) is 86.8 Å². The van der Waals surface area contributed by atoms with Crippen LogP contribution in [-0.2, 0) is 32.6 Å². The van der Waals surface area contributed by atoms with Gasteiger partial charge in [0.05, 0.1) is 11.9 Å². The van der Waals surface area contributed by atoms with Crippen molar-refractivity contribution >= 4 is 50.7 Å². The number of nitrogens with one attached hydrogen (secondary N) is 1. The van der Waals surface area contributed by atoms with Gasteiger partial charge in [-0.05, 0) is 54.7 Å². The van der Waals surface area contributed by atoms with Gasteiger partial charge in [-0.15, -0.1) is 0 Å². The van der Waals surface area contributed by atoms with Crippen molar-refractivity contribution in [3.8, 4) is 0 Å². The molecule has 3 aromatic rings. The van der Waals surface area contributed by atoms with Gasteiger partial charge in [0.25, 0.3) is 0 Å². The van der Waals surface area contributed by atoms with E-state index in [1.165, 1.54) is 4.90 Å². The number of nitrogens with zero attached hydrogens (tertiary/aromatic N) is 2. The van der Waals surface area contributed by atoms with Crippen molar-refractivity contribution in [2.45, 2.75) is 46.7 Å². The normalized spacial score (nSPS) is 12.2. The summed E-state index contributed by atoms with van der Waals surface area (Å²) in [7, 11) is -3.87. The molecule has 0 bridgehead atoms. The molecule has 1 atom stereocenters. The Morgan fingerprint density at radius 2 is 1.56 bits per heavy atom. The summed E-state index contributed by atoms with van der Waals surface area (Å²) in [4.78, 5) is 29.3. The van der Waals surface area contributed by atoms with E-state index in [4.69, 9.17) is 23.2 Å². The van der Waals surface area contributed by atoms with E-state index in [2.05, 4.69) is 5.32 Å². The predicted molar refractivity (Wildman–Crippen MR) is 167 cm³/mol. The van der Waals surface area contributed by atoms with Crippen LogP contribution in [0.3, 0.4) is 0 Å². The Labute approximate surface area is 253 Å². The first-order valence-corrected chi connectivity index (χ1v) is 16.0. The molecule has 41 heavy (non-hydrogen) atoms. The van der Waals surface area contributed by atoms with Crippen molar-refractivity contribution in [3.63, 3.8) is 0 Å². The van der Waals surface area contributed by atoms with Gasteiger partial charge < -0.3 is 10.2 Å². The Morgan fingerprint density at radius 3 is 2.15 bits per heavy atom. The van der Waals surface area contributed by atoms with Gasteiger partial charge in [-0.25, -0.2) is 8.42 Å². The lowest BCUT2D eigenvalue weighted by atomic mass is 10.0. The molecule has 0 saturated carbocycles. The third kappa shape index (κ3) is 8.96. The molecular weight excluding hydrogens is 581 g/mol. The Bertz CT molecular complexity index is 1460. The minimum Gasteiger partial charge on any atom is -0.354 e. The standard InChI is InChI=1S/C31H37Cl2N3O4S/c1-21(2)18-34-31(38)29(17-24-10-7-6-8-11-24)35(19-25-26(32)12-9-13-27(25)33)30(37)20-36(41(5,39)40)28-16-22(3)14-15-23(28)4/h6-16,21,29H,17-20H2,1-5H3,(H,34,38). The van der Waals surface area contributed by atoms with Crippen LogP contribution in [0.4, 0.5) is 5.69 Å². The van der Waals surface area contributed by atoms with Gasteiger partial charge in [0, 0.05) is 35.1 Å². The summed E-state index contributed by atoms with van der Waals surface area (Å²) in [5.74, 6) is -0.729. The molecule has 0 fully saturated rings. The number of anilines is 1. The smallest absolute Gasteiger partial charge is 0.244 e. The summed E-state index contributed by atoms with van der Waals surface area (Å²) >= 11 is 13.0. The van der Waals surface area contributed by atoms with Crippen molar-refractivity contribution in [1.29, 1.82) is 0 Å². The fourth-order valence-electron chi connectivity index (χ4n) is 4.41. The lowest BCUT2D eigenvalue weighted by Crippen LogP contribution is -2.53. The molecule has 3 aromatic carbocycles. The Morgan fingerprint density at radius 1 is 0.927 bits per heavy atom. The average molecular weight is 619 g/mol. The largest absolute Gasteiger partial charge is 0.354 e. The number of hydrogen-bond acceptors (Lipinski definition) is 4. The highest BCUT2D eigenvalue weighted by atomic mass is 35.5. The molecule has 220 valence electrons. The molecule has 1 unspecified atom stereocenters. The van der Waals surface area contributed by atoms with Crippen LogP contribution in [0.25, 0.3) is 0 Å². The van der Waals surface area contributed by atoms with Crippen LogP contribution in [0.2, 0.25) is 10.0 Å². The number of benzene rings is 3. The van der Waals surface area contributed by atoms with E-state index in [0.717, 1.165) is 21.7 Å². The maximum absolute atomic E-state index is 14.2. The summed E-state index contributed by atoms with van der Waals surface area (Å²) in [5, 5.41) is 3.63. The SMILES string of the molecule is Cc1ccc(C)c(N(CC(=O)N(Cc2c(Cl)cccc2Cl)C(Cc2ccccc2)C(=O)NCC(C)C)S(C)(=O)=O)c1. The van der Waals surface area contributed by atoms with Crippen molar-refractivity contribution in [2.75, 3.05) is 23.7 Å². The maximum Gasteiger partial charge on any atom is 0.244 e. The quantitative estimate of drug-likeness (QED) is 0.279. The second kappa shape index (κ2) is 14.2. The molecule has 0 spiro atoms. The third-order valence-corrected chi connectivity index (χ3v) is 8.49. The molecular formula is C31H37Cl2N3O4S. The Balaban J connectivity index is 2.12. The van der Waals surface area contributed by atoms with Crippen LogP contribution >= 0.6 is 23.2 Å². The minimum atomic E-state index is -3.87. The second-order valence-electron chi connectivity index (χ2n) is 10.6. The van der Waals surface area contributed by atoms with Crippen LogP contribution in [0.1, 0.15) is 36.1 Å². The minimum absolute atomic E-state index is 0.0889. The Hall–Kier alpha value is -3.07. The van der Waals surface area contributed by atoms with Gasteiger partial charge in [0.1, 0.15) is 12.6 Å². The van der Waals surface area contributed by atoms with Crippen LogP contribution < -0.4 is 9.62 Å². The van der Waals surface area contributed by atoms with Crippen LogP contribution in [-0.4, -0.2) is 50.5 Å². The van der Waals surface area contributed by atoms with E-state index in [1.807, 2.05) is 63.2 Å². The number of amides is 2. The molecule has 7 nitrogen and oxygen atoms in total. The lowest BCUT2D eigenvalue weighted by Gasteiger charge is -2.34. The fraction of sp³-hybridized carbons (Fsp3) is 0.355. The molecule has 0 heterocycles. The van der Waals surface area contributed by atoms with Gasteiger partial charge >= 0.3 is 0 Å². The van der Waals surface area contributed by atoms with Crippen molar-refractivity contribution in [2.24, 2.45) is 5.92 Å². The molecule has 3 rings (SSSR count). The molecule has 0 aliphatic heterocycles. The van der Waals surface area contributed by atoms with Gasteiger partial charge in [-0.3, -0.25) is 13.9 Å². The Kier molecular flexibility index (Phi) is 11.2. The van der Waals surface area contributed by atoms with E-state index in [1.54, 1.807) is 31.2 Å². The van der Waals surface area contributed by atoms with Gasteiger partial charge in [0.2, 0.25) is 21.8 Å². The van der Waals surface area contributed by atoms with Crippen molar-refractivity contribution < 1.29 is 18.0 Å². The molecule has 0 aromatic heterocycles. The highest BCUT2D eigenvalue weighted by Crippen LogP contribution is 2.29. The van der Waals surface area contributed by atoms with Crippen molar-refractivity contribution in [1.82, 2.24) is 10.2 Å². The number of aryl methyl sites for hydroxylation is 2. The molecule has 0 aliphatic rings. The van der Waals surface area contributed by atoms with E-state index in [9.17, 15) is 18.0 Å². The van der Waals surface area contributed by atoms with Crippen LogP contribution in [0, 0.1) is 19.8 Å². The fourth-order valence-corrected chi connectivity index (χ4v) is 5.83. The molecule has 0 saturated heterocycles. The highest BCUT2D eigenvalue weighted by Gasteiger charge is 2.34. The zero-order valence-electron chi connectivity index (χ0n) is 24.0. The predicted octanol–water partition coefficient (Wildman–Crippen LogP) is 5.79. The molecule has 2 amide bonds. The monoisotopic (exact) mass is 617 g/mol. The molecule has 0 radical (unpaired) electrons. The zero-order valence-corrected chi connectivity index (χ0v) is 26.4. The first-order valence-electron chi connectivity index (χ1n) is 13.4. The van der Waals surface area contributed by atoms with Crippen LogP contribution in [0.5, 0.6) is 0 Å². The number of hydrogen-bond donors (Lipinski definition) is 1. The van der Waals surface area contributed by atoms with E-state index < -0.39 is 28.5 Å². The number of carbonyl (C=O) groups is 2. The van der Waals surface area contributed by atoms with E-state index in [-0.39, 0.29) is 24.8 Å².